The maximum atomic E-state index is 13.8. The highest BCUT2D eigenvalue weighted by atomic mass is 19.1. The topological polar surface area (TPSA) is 61.8 Å². The molecule has 30 heavy (non-hydrogen) atoms. The molecule has 0 fully saturated rings. The maximum absolute atomic E-state index is 13.8. The van der Waals surface area contributed by atoms with Crippen molar-refractivity contribution in [3.05, 3.63) is 88.5 Å². The summed E-state index contributed by atoms with van der Waals surface area (Å²) in [6.07, 6.45) is 0. The largest absolute Gasteiger partial charge is 0.489 e. The summed E-state index contributed by atoms with van der Waals surface area (Å²) in [7, 11) is 0. The number of urea groups is 1. The number of ether oxygens (including phenoxy) is 1. The molecule has 2 N–H and O–H groups in total. The van der Waals surface area contributed by atoms with Crippen LogP contribution in [-0.4, -0.2) is 11.1 Å². The molecule has 1 aliphatic rings. The quantitative estimate of drug-likeness (QED) is 0.629. The lowest BCUT2D eigenvalue weighted by Crippen LogP contribution is -2.39. The molecule has 0 atom stereocenters. The standard InChI is InChI=1S/C23H20F2N2O3/c1-14-5-7-17(30-13-18-19(24)3-2-4-20(18)25)10-22(14)27-11-16-9-15(12-28)6-8-21(16)26-23(27)29/h2-10,28H,11-13H2,1H3,(H,26,29). The Morgan fingerprint density at radius 1 is 1.10 bits per heavy atom. The van der Waals surface area contributed by atoms with Crippen LogP contribution in [-0.2, 0) is 19.8 Å². The monoisotopic (exact) mass is 410 g/mol. The lowest BCUT2D eigenvalue weighted by atomic mass is 10.0. The SMILES string of the molecule is Cc1ccc(OCc2c(F)cccc2F)cc1N1Cc2cc(CO)ccc2NC1=O. The molecule has 3 aromatic rings. The molecule has 7 heteroatoms. The summed E-state index contributed by atoms with van der Waals surface area (Å²) in [5.74, 6) is -0.955. The fourth-order valence-electron chi connectivity index (χ4n) is 3.41. The third-order valence-corrected chi connectivity index (χ3v) is 5.08. The van der Waals surface area contributed by atoms with Crippen LogP contribution < -0.4 is 15.0 Å². The number of aliphatic hydroxyl groups excluding tert-OH is 1. The highest BCUT2D eigenvalue weighted by Crippen LogP contribution is 2.32. The van der Waals surface area contributed by atoms with E-state index in [0.29, 0.717) is 23.7 Å². The van der Waals surface area contributed by atoms with Crippen molar-refractivity contribution in [1.29, 1.82) is 0 Å². The van der Waals surface area contributed by atoms with Crippen molar-refractivity contribution in [1.82, 2.24) is 0 Å². The minimum atomic E-state index is -0.672. The van der Waals surface area contributed by atoms with E-state index < -0.39 is 11.6 Å². The van der Waals surface area contributed by atoms with Crippen LogP contribution in [0.15, 0.2) is 54.6 Å². The lowest BCUT2D eigenvalue weighted by molar-refractivity contribution is 0.256. The second kappa shape index (κ2) is 8.12. The van der Waals surface area contributed by atoms with E-state index >= 15 is 0 Å². The Bertz CT molecular complexity index is 1100. The summed E-state index contributed by atoms with van der Waals surface area (Å²) < 4.78 is 33.3. The molecule has 0 radical (unpaired) electrons. The normalized spacial score (nSPS) is 13.1. The third kappa shape index (κ3) is 3.84. The zero-order valence-corrected chi connectivity index (χ0v) is 16.3. The van der Waals surface area contributed by atoms with Gasteiger partial charge in [-0.25, -0.2) is 13.6 Å². The van der Waals surface area contributed by atoms with Gasteiger partial charge < -0.3 is 15.2 Å². The number of anilines is 2. The van der Waals surface area contributed by atoms with Crippen LogP contribution >= 0.6 is 0 Å². The van der Waals surface area contributed by atoms with Gasteiger partial charge in [0.1, 0.15) is 24.0 Å². The van der Waals surface area contributed by atoms with E-state index in [0.717, 1.165) is 16.7 Å². The number of carbonyl (C=O) groups is 1. The highest BCUT2D eigenvalue weighted by molar-refractivity contribution is 6.04. The van der Waals surface area contributed by atoms with Gasteiger partial charge >= 0.3 is 6.03 Å². The predicted octanol–water partition coefficient (Wildman–Crippen LogP) is 4.90. The molecule has 0 spiro atoms. The summed E-state index contributed by atoms with van der Waals surface area (Å²) in [6, 6.07) is 13.9. The van der Waals surface area contributed by atoms with Gasteiger partial charge in [0.25, 0.3) is 0 Å². The molecule has 1 heterocycles. The summed E-state index contributed by atoms with van der Waals surface area (Å²) in [5.41, 5.74) is 3.65. The van der Waals surface area contributed by atoms with E-state index in [4.69, 9.17) is 4.74 Å². The van der Waals surface area contributed by atoms with Crippen molar-refractivity contribution < 1.29 is 23.4 Å². The molecule has 0 saturated carbocycles. The van der Waals surface area contributed by atoms with Crippen molar-refractivity contribution in [3.8, 4) is 5.75 Å². The first-order chi connectivity index (χ1) is 14.5. The van der Waals surface area contributed by atoms with Crippen LogP contribution in [0.5, 0.6) is 5.75 Å². The number of nitrogens with one attached hydrogen (secondary N) is 1. The number of amides is 2. The van der Waals surface area contributed by atoms with E-state index in [1.807, 2.05) is 13.0 Å². The molecule has 0 bridgehead atoms. The van der Waals surface area contributed by atoms with Crippen LogP contribution in [0.25, 0.3) is 0 Å². The number of hydrogen-bond acceptors (Lipinski definition) is 3. The fraction of sp³-hybridized carbons (Fsp3) is 0.174. The molecular weight excluding hydrogens is 390 g/mol. The Hall–Kier alpha value is -3.45. The van der Waals surface area contributed by atoms with Gasteiger partial charge in [-0.1, -0.05) is 18.2 Å². The number of fused-ring (bicyclic) bond motifs is 1. The number of rotatable bonds is 5. The van der Waals surface area contributed by atoms with Gasteiger partial charge in [-0.2, -0.15) is 0 Å². The number of halogens is 2. The Morgan fingerprint density at radius 3 is 2.60 bits per heavy atom. The van der Waals surface area contributed by atoms with E-state index in [1.54, 1.807) is 35.2 Å². The van der Waals surface area contributed by atoms with Crippen LogP contribution in [0.4, 0.5) is 25.0 Å². The van der Waals surface area contributed by atoms with E-state index in [1.165, 1.54) is 18.2 Å². The summed E-state index contributed by atoms with van der Waals surface area (Å²) in [5, 5.41) is 12.2. The first-order valence-corrected chi connectivity index (χ1v) is 9.44. The number of aliphatic hydroxyl groups is 1. The van der Waals surface area contributed by atoms with Crippen LogP contribution in [0.1, 0.15) is 22.3 Å². The number of carbonyl (C=O) groups excluding carboxylic acids is 1. The molecule has 0 aliphatic carbocycles. The summed E-state index contributed by atoms with van der Waals surface area (Å²) >= 11 is 0. The molecule has 0 aromatic heterocycles. The van der Waals surface area contributed by atoms with Crippen molar-refractivity contribution in [2.75, 3.05) is 10.2 Å². The molecule has 1 aliphatic heterocycles. The summed E-state index contributed by atoms with van der Waals surface area (Å²) in [4.78, 5) is 14.2. The van der Waals surface area contributed by atoms with Crippen LogP contribution in [0.3, 0.4) is 0 Å². The summed E-state index contributed by atoms with van der Waals surface area (Å²) in [6.45, 7) is 1.83. The van der Waals surface area contributed by atoms with Gasteiger partial charge in [0.2, 0.25) is 0 Å². The van der Waals surface area contributed by atoms with Crippen molar-refractivity contribution in [2.45, 2.75) is 26.7 Å². The average Bonchev–Trinajstić information content (AvgIpc) is 2.74. The second-order valence-electron chi connectivity index (χ2n) is 7.10. The van der Waals surface area contributed by atoms with E-state index in [9.17, 15) is 18.7 Å². The molecule has 154 valence electrons. The maximum Gasteiger partial charge on any atom is 0.326 e. The molecule has 0 saturated heterocycles. The first-order valence-electron chi connectivity index (χ1n) is 9.44. The zero-order valence-electron chi connectivity index (χ0n) is 16.3. The number of aryl methyl sites for hydroxylation is 1. The number of hydrogen-bond donors (Lipinski definition) is 2. The fourth-order valence-corrected chi connectivity index (χ4v) is 3.41. The first kappa shape index (κ1) is 19.8. The average molecular weight is 410 g/mol. The predicted molar refractivity (Wildman–Crippen MR) is 109 cm³/mol. The van der Waals surface area contributed by atoms with Crippen LogP contribution in [0.2, 0.25) is 0 Å². The number of nitrogens with zero attached hydrogens (tertiary/aromatic N) is 1. The van der Waals surface area contributed by atoms with Gasteiger partial charge in [-0.3, -0.25) is 4.90 Å². The lowest BCUT2D eigenvalue weighted by Gasteiger charge is -2.31. The van der Waals surface area contributed by atoms with E-state index in [-0.39, 0.29) is 24.8 Å². The van der Waals surface area contributed by atoms with Crippen molar-refractivity contribution >= 4 is 17.4 Å². The minimum Gasteiger partial charge on any atom is -0.489 e. The molecule has 2 amide bonds. The van der Waals surface area contributed by atoms with Gasteiger partial charge in [-0.15, -0.1) is 0 Å². The molecule has 4 rings (SSSR count). The van der Waals surface area contributed by atoms with Crippen LogP contribution in [0, 0.1) is 18.6 Å². The Morgan fingerprint density at radius 2 is 1.87 bits per heavy atom. The van der Waals surface area contributed by atoms with E-state index in [2.05, 4.69) is 5.32 Å². The Labute approximate surface area is 172 Å². The highest BCUT2D eigenvalue weighted by Gasteiger charge is 2.25. The third-order valence-electron chi connectivity index (χ3n) is 5.08. The van der Waals surface area contributed by atoms with Gasteiger partial charge in [0.15, 0.2) is 0 Å². The Balaban J connectivity index is 1.59. The molecule has 0 unspecified atom stereocenters. The molecular formula is C23H20F2N2O3. The van der Waals surface area contributed by atoms with Crippen molar-refractivity contribution in [3.63, 3.8) is 0 Å². The molecule has 3 aromatic carbocycles. The Kier molecular flexibility index (Phi) is 5.37. The number of benzene rings is 3. The minimum absolute atomic E-state index is 0.0871. The van der Waals surface area contributed by atoms with Gasteiger partial charge in [0, 0.05) is 11.8 Å². The van der Waals surface area contributed by atoms with Crippen molar-refractivity contribution in [2.24, 2.45) is 0 Å². The molecule has 5 nitrogen and oxygen atoms in total. The van der Waals surface area contributed by atoms with Gasteiger partial charge in [-0.05, 0) is 53.9 Å². The van der Waals surface area contributed by atoms with Gasteiger partial charge in [0.05, 0.1) is 24.4 Å². The smallest absolute Gasteiger partial charge is 0.326 e. The zero-order chi connectivity index (χ0) is 21.3. The second-order valence-corrected chi connectivity index (χ2v) is 7.10.